The highest BCUT2D eigenvalue weighted by Gasteiger charge is 2.31. The van der Waals surface area contributed by atoms with Gasteiger partial charge in [-0.25, -0.2) is 0 Å². The van der Waals surface area contributed by atoms with Gasteiger partial charge < -0.3 is 5.32 Å². The molecule has 1 atom stereocenters. The van der Waals surface area contributed by atoms with Gasteiger partial charge >= 0.3 is 0 Å². The molecule has 2 nitrogen and oxygen atoms in total. The summed E-state index contributed by atoms with van der Waals surface area (Å²) < 4.78 is -0.315. The zero-order valence-electron chi connectivity index (χ0n) is 19.7. The molecular weight excluding hydrogens is 362 g/mol. The second kappa shape index (κ2) is 17.4. The van der Waals surface area contributed by atoms with Crippen molar-refractivity contribution in [1.82, 2.24) is 5.32 Å². The van der Waals surface area contributed by atoms with E-state index in [0.29, 0.717) is 6.04 Å². The number of carbonyl (C=O) groups excluding carboxylic acids is 1. The van der Waals surface area contributed by atoms with Crippen LogP contribution in [-0.2, 0) is 4.79 Å². The van der Waals surface area contributed by atoms with Crippen LogP contribution in [0.5, 0.6) is 0 Å². The Bertz CT molecular complexity index is 397. The number of nitrogens with one attached hydrogen (secondary N) is 1. The molecule has 0 spiro atoms. The number of unbranched alkanes of at least 4 members (excludes halogenated alkanes) is 6. The standard InChI is InChI=1S/C18H33NOS.C7H16/c1-5-6-11-14-18(4,15(2)20)21-16(3)19-17-12-9-7-8-10-13-17;1-3-5-7-6-4-2/h17,19H,3,5-14H2,1-2,4H3;3-7H2,1-2H3. The van der Waals surface area contributed by atoms with Crippen LogP contribution >= 0.6 is 11.8 Å². The maximum Gasteiger partial charge on any atom is 0.145 e. The largest absolute Gasteiger partial charge is 0.378 e. The van der Waals surface area contributed by atoms with Gasteiger partial charge in [-0.15, -0.1) is 0 Å². The number of ketones is 1. The predicted octanol–water partition coefficient (Wildman–Crippen LogP) is 8.41. The van der Waals surface area contributed by atoms with E-state index >= 15 is 0 Å². The summed E-state index contributed by atoms with van der Waals surface area (Å²) in [5, 5.41) is 4.56. The topological polar surface area (TPSA) is 29.1 Å². The van der Waals surface area contributed by atoms with Gasteiger partial charge in [0.2, 0.25) is 0 Å². The number of hydrogen-bond donors (Lipinski definition) is 1. The first-order valence-electron chi connectivity index (χ1n) is 12.0. The van der Waals surface area contributed by atoms with E-state index in [0.717, 1.165) is 17.9 Å². The van der Waals surface area contributed by atoms with E-state index in [1.807, 2.05) is 0 Å². The van der Waals surface area contributed by atoms with Crippen molar-refractivity contribution in [1.29, 1.82) is 0 Å². The number of carbonyl (C=O) groups is 1. The summed E-state index contributed by atoms with van der Waals surface area (Å²) in [6.07, 6.45) is 19.3. The Balaban J connectivity index is 0.000000887. The molecule has 0 heterocycles. The highest BCUT2D eigenvalue weighted by molar-refractivity contribution is 8.05. The minimum Gasteiger partial charge on any atom is -0.378 e. The first kappa shape index (κ1) is 27.6. The van der Waals surface area contributed by atoms with E-state index in [9.17, 15) is 4.79 Å². The summed E-state index contributed by atoms with van der Waals surface area (Å²) in [5.74, 6) is 0.271. The molecule has 1 aliphatic carbocycles. The van der Waals surface area contributed by atoms with Crippen LogP contribution in [0.3, 0.4) is 0 Å². The molecule has 28 heavy (non-hydrogen) atoms. The number of thioether (sulfide) groups is 1. The SMILES string of the molecule is C=C(NC1CCCCCC1)SC(C)(CCCCC)C(C)=O.CCCCCCC. The quantitative estimate of drug-likeness (QED) is 0.243. The van der Waals surface area contributed by atoms with E-state index in [1.165, 1.54) is 83.5 Å². The Hall–Kier alpha value is -0.440. The zero-order valence-corrected chi connectivity index (χ0v) is 20.5. The van der Waals surface area contributed by atoms with E-state index < -0.39 is 0 Å². The average Bonchev–Trinajstić information content (AvgIpc) is 2.91. The second-order valence-electron chi connectivity index (χ2n) is 8.66. The molecule has 3 heteroatoms. The van der Waals surface area contributed by atoms with E-state index in [2.05, 4.69) is 39.6 Å². The van der Waals surface area contributed by atoms with Gasteiger partial charge in [-0.2, -0.15) is 0 Å². The van der Waals surface area contributed by atoms with Crippen LogP contribution < -0.4 is 5.32 Å². The van der Waals surface area contributed by atoms with Gasteiger partial charge in [0.1, 0.15) is 5.78 Å². The van der Waals surface area contributed by atoms with Crippen LogP contribution in [0.25, 0.3) is 0 Å². The first-order valence-corrected chi connectivity index (χ1v) is 12.9. The Morgan fingerprint density at radius 1 is 0.929 bits per heavy atom. The lowest BCUT2D eigenvalue weighted by molar-refractivity contribution is -0.119. The molecule has 0 radical (unpaired) electrons. The minimum absolute atomic E-state index is 0.271. The third-order valence-electron chi connectivity index (χ3n) is 5.78. The molecule has 1 N–H and O–H groups in total. The fourth-order valence-corrected chi connectivity index (χ4v) is 4.80. The third-order valence-corrected chi connectivity index (χ3v) is 7.08. The fourth-order valence-electron chi connectivity index (χ4n) is 3.64. The fraction of sp³-hybridized carbons (Fsp3) is 0.880. The Labute approximate surface area is 181 Å². The molecule has 1 unspecified atom stereocenters. The Morgan fingerprint density at radius 2 is 1.43 bits per heavy atom. The van der Waals surface area contributed by atoms with Crippen molar-refractivity contribution in [2.75, 3.05) is 0 Å². The minimum atomic E-state index is -0.315. The van der Waals surface area contributed by atoms with Crippen LogP contribution in [0.2, 0.25) is 0 Å². The van der Waals surface area contributed by atoms with Crippen molar-refractivity contribution in [2.45, 2.75) is 142 Å². The summed E-state index contributed by atoms with van der Waals surface area (Å²) in [6, 6.07) is 0.555. The smallest absolute Gasteiger partial charge is 0.145 e. The van der Waals surface area contributed by atoms with Gasteiger partial charge in [0.15, 0.2) is 0 Å². The van der Waals surface area contributed by atoms with Gasteiger partial charge in [0.25, 0.3) is 0 Å². The summed E-state index contributed by atoms with van der Waals surface area (Å²) in [5.41, 5.74) is 0. The lowest BCUT2D eigenvalue weighted by Crippen LogP contribution is -2.33. The van der Waals surface area contributed by atoms with E-state index in [4.69, 9.17) is 0 Å². The van der Waals surface area contributed by atoms with Crippen LogP contribution in [0.1, 0.15) is 131 Å². The Morgan fingerprint density at radius 3 is 1.89 bits per heavy atom. The van der Waals surface area contributed by atoms with E-state index in [-0.39, 0.29) is 10.5 Å². The van der Waals surface area contributed by atoms with Crippen molar-refractivity contribution < 1.29 is 4.79 Å². The highest BCUT2D eigenvalue weighted by atomic mass is 32.2. The molecule has 0 saturated heterocycles. The zero-order chi connectivity index (χ0) is 21.3. The molecule has 1 aliphatic rings. The van der Waals surface area contributed by atoms with Crippen LogP contribution in [0.4, 0.5) is 0 Å². The molecule has 0 aromatic heterocycles. The number of hydrogen-bond acceptors (Lipinski definition) is 3. The van der Waals surface area contributed by atoms with Crippen molar-refractivity contribution >= 4 is 17.5 Å². The second-order valence-corrected chi connectivity index (χ2v) is 10.3. The maximum absolute atomic E-state index is 12.1. The van der Waals surface area contributed by atoms with Gasteiger partial charge in [-0.3, -0.25) is 4.79 Å². The highest BCUT2D eigenvalue weighted by Crippen LogP contribution is 2.36. The number of Topliss-reactive ketones (excluding diaryl/α,β-unsaturated/α-hetero) is 1. The Kier molecular flexibility index (Phi) is 17.1. The summed E-state index contributed by atoms with van der Waals surface area (Å²) in [7, 11) is 0. The monoisotopic (exact) mass is 411 g/mol. The molecule has 0 bridgehead atoms. The summed E-state index contributed by atoms with van der Waals surface area (Å²) >= 11 is 1.65. The molecule has 0 aromatic carbocycles. The van der Waals surface area contributed by atoms with Crippen LogP contribution in [0.15, 0.2) is 11.6 Å². The molecule has 0 aromatic rings. The average molecular weight is 412 g/mol. The van der Waals surface area contributed by atoms with Gasteiger partial charge in [-0.05, 0) is 33.1 Å². The van der Waals surface area contributed by atoms with Crippen molar-refractivity contribution in [3.05, 3.63) is 11.6 Å². The normalized spacial score (nSPS) is 17.0. The van der Waals surface area contributed by atoms with E-state index in [1.54, 1.807) is 18.7 Å². The molecule has 1 fully saturated rings. The maximum atomic E-state index is 12.1. The molecule has 166 valence electrons. The van der Waals surface area contributed by atoms with Crippen LogP contribution in [0, 0.1) is 0 Å². The predicted molar refractivity (Wildman–Crippen MR) is 129 cm³/mol. The van der Waals surface area contributed by atoms with Gasteiger partial charge in [0.05, 0.1) is 9.78 Å². The van der Waals surface area contributed by atoms with Crippen molar-refractivity contribution in [3.8, 4) is 0 Å². The van der Waals surface area contributed by atoms with Crippen molar-refractivity contribution in [3.63, 3.8) is 0 Å². The van der Waals surface area contributed by atoms with Crippen LogP contribution in [-0.4, -0.2) is 16.6 Å². The van der Waals surface area contributed by atoms with Gasteiger partial charge in [0, 0.05) is 6.04 Å². The molecule has 0 aliphatic heterocycles. The molecule has 1 rings (SSSR count). The lowest BCUT2D eigenvalue weighted by Gasteiger charge is -2.29. The first-order chi connectivity index (χ1) is 13.4. The molecular formula is C25H49NOS. The molecule has 0 amide bonds. The summed E-state index contributed by atoms with van der Waals surface area (Å²) in [4.78, 5) is 12.1. The van der Waals surface area contributed by atoms with Gasteiger partial charge in [-0.1, -0.05) is 116 Å². The third kappa shape index (κ3) is 13.7. The van der Waals surface area contributed by atoms with Crippen molar-refractivity contribution in [2.24, 2.45) is 0 Å². The summed E-state index contributed by atoms with van der Waals surface area (Å²) in [6.45, 7) is 14.7. The lowest BCUT2D eigenvalue weighted by atomic mass is 9.99. The molecule has 1 saturated carbocycles. The number of rotatable bonds is 13.